The van der Waals surface area contributed by atoms with Gasteiger partial charge < -0.3 is 10.1 Å². The Hall–Kier alpha value is -2.13. The highest BCUT2D eigenvalue weighted by atomic mass is 16.5. The molecule has 1 N–H and O–H groups in total. The van der Waals surface area contributed by atoms with E-state index in [1.165, 1.54) is 16.7 Å². The summed E-state index contributed by atoms with van der Waals surface area (Å²) in [4.78, 5) is 12.9. The first-order valence-corrected chi connectivity index (χ1v) is 9.75. The highest BCUT2D eigenvalue weighted by Gasteiger charge is 2.55. The van der Waals surface area contributed by atoms with Crippen molar-refractivity contribution >= 4 is 5.97 Å². The minimum Gasteiger partial charge on any atom is -0.466 e. The lowest BCUT2D eigenvalue weighted by Gasteiger charge is -2.46. The van der Waals surface area contributed by atoms with Crippen LogP contribution in [0.3, 0.4) is 0 Å². The fourth-order valence-electron chi connectivity index (χ4n) is 5.16. The molecule has 1 spiro atoms. The smallest absolute Gasteiger partial charge is 0.311 e. The number of carbonyl (C=O) groups excluding carboxylic acids is 1. The molecule has 1 fully saturated rings. The molecule has 3 nitrogen and oxygen atoms in total. The van der Waals surface area contributed by atoms with E-state index in [0.717, 1.165) is 25.8 Å². The van der Waals surface area contributed by atoms with Gasteiger partial charge in [-0.3, -0.25) is 4.79 Å². The standard InChI is InChI=1S/C23H27NO2/c1-2-26-22(25)21-15-24-16-23(21)19(14-17-8-4-3-5-9-17)13-12-18-10-6-7-11-20(18)23/h3-11,19,21,24H,2,12-16H2,1H3/t19?,21?,23-/m1/s1. The average Bonchev–Trinajstić information content (AvgIpc) is 3.11. The van der Waals surface area contributed by atoms with E-state index in [2.05, 4.69) is 59.9 Å². The molecule has 26 heavy (non-hydrogen) atoms. The molecule has 0 aromatic heterocycles. The predicted octanol–water partition coefficient (Wildman–Crippen LogP) is 3.51. The zero-order chi connectivity index (χ0) is 18.0. The first kappa shape index (κ1) is 17.3. The molecule has 2 aromatic carbocycles. The molecule has 1 saturated heterocycles. The summed E-state index contributed by atoms with van der Waals surface area (Å²) in [6.07, 6.45) is 3.21. The monoisotopic (exact) mass is 349 g/mol. The molecule has 2 aliphatic rings. The van der Waals surface area contributed by atoms with Crippen molar-refractivity contribution in [2.24, 2.45) is 11.8 Å². The van der Waals surface area contributed by atoms with Gasteiger partial charge in [0.25, 0.3) is 0 Å². The number of hydrogen-bond donors (Lipinski definition) is 1. The summed E-state index contributed by atoms with van der Waals surface area (Å²) in [7, 11) is 0. The van der Waals surface area contributed by atoms with Gasteiger partial charge in [-0.2, -0.15) is 0 Å². The number of nitrogens with one attached hydrogen (secondary N) is 1. The summed E-state index contributed by atoms with van der Waals surface area (Å²) in [6.45, 7) is 3.89. The van der Waals surface area contributed by atoms with Crippen molar-refractivity contribution in [2.45, 2.75) is 31.6 Å². The van der Waals surface area contributed by atoms with Crippen molar-refractivity contribution in [2.75, 3.05) is 19.7 Å². The fourth-order valence-corrected chi connectivity index (χ4v) is 5.16. The van der Waals surface area contributed by atoms with E-state index in [9.17, 15) is 4.79 Å². The Morgan fingerprint density at radius 3 is 2.73 bits per heavy atom. The zero-order valence-electron chi connectivity index (χ0n) is 15.4. The van der Waals surface area contributed by atoms with Gasteiger partial charge in [-0.05, 0) is 48.8 Å². The summed E-state index contributed by atoms with van der Waals surface area (Å²) in [5.74, 6) is 0.272. The molecular weight excluding hydrogens is 322 g/mol. The summed E-state index contributed by atoms with van der Waals surface area (Å²) in [5.41, 5.74) is 3.94. The fraction of sp³-hybridized carbons (Fsp3) is 0.435. The van der Waals surface area contributed by atoms with Crippen LogP contribution in [0.15, 0.2) is 54.6 Å². The first-order chi connectivity index (χ1) is 12.8. The summed E-state index contributed by atoms with van der Waals surface area (Å²) in [6, 6.07) is 19.4. The Morgan fingerprint density at radius 2 is 1.92 bits per heavy atom. The highest BCUT2D eigenvalue weighted by molar-refractivity contribution is 5.76. The molecule has 0 saturated carbocycles. The maximum atomic E-state index is 12.9. The Labute approximate surface area is 155 Å². The van der Waals surface area contributed by atoms with Gasteiger partial charge in [0, 0.05) is 18.5 Å². The second-order valence-corrected chi connectivity index (χ2v) is 7.56. The second-order valence-electron chi connectivity index (χ2n) is 7.56. The molecule has 1 aliphatic heterocycles. The van der Waals surface area contributed by atoms with Crippen molar-refractivity contribution in [1.29, 1.82) is 0 Å². The number of hydrogen-bond acceptors (Lipinski definition) is 3. The molecule has 1 heterocycles. The number of carbonyl (C=O) groups is 1. The molecule has 0 bridgehead atoms. The Balaban J connectivity index is 1.77. The molecular formula is C23H27NO2. The number of aryl methyl sites for hydroxylation is 1. The normalized spacial score (nSPS) is 27.3. The van der Waals surface area contributed by atoms with Crippen LogP contribution in [-0.2, 0) is 27.8 Å². The SMILES string of the molecule is CCOC(=O)C1CNC[C@@]12c1ccccc1CCC2Cc1ccccc1. The van der Waals surface area contributed by atoms with E-state index < -0.39 is 0 Å². The number of esters is 1. The second kappa shape index (κ2) is 7.24. The molecule has 0 radical (unpaired) electrons. The number of rotatable bonds is 4. The predicted molar refractivity (Wildman–Crippen MR) is 103 cm³/mol. The Bertz CT molecular complexity index is 773. The van der Waals surface area contributed by atoms with Gasteiger partial charge >= 0.3 is 5.97 Å². The van der Waals surface area contributed by atoms with Crippen LogP contribution in [0, 0.1) is 11.8 Å². The van der Waals surface area contributed by atoms with E-state index in [1.807, 2.05) is 6.92 Å². The third kappa shape index (κ3) is 2.84. The molecule has 136 valence electrons. The number of benzene rings is 2. The Morgan fingerprint density at radius 1 is 1.15 bits per heavy atom. The van der Waals surface area contributed by atoms with Gasteiger partial charge in [0.15, 0.2) is 0 Å². The lowest BCUT2D eigenvalue weighted by atomic mass is 9.57. The van der Waals surface area contributed by atoms with Crippen molar-refractivity contribution in [1.82, 2.24) is 5.32 Å². The largest absolute Gasteiger partial charge is 0.466 e. The molecule has 0 amide bonds. The van der Waals surface area contributed by atoms with E-state index in [0.29, 0.717) is 19.1 Å². The van der Waals surface area contributed by atoms with Crippen molar-refractivity contribution in [3.05, 3.63) is 71.3 Å². The summed E-state index contributed by atoms with van der Waals surface area (Å²) in [5, 5.41) is 3.53. The van der Waals surface area contributed by atoms with Crippen LogP contribution >= 0.6 is 0 Å². The molecule has 4 rings (SSSR count). The number of fused-ring (bicyclic) bond motifs is 2. The molecule has 3 heteroatoms. The quantitative estimate of drug-likeness (QED) is 0.859. The van der Waals surface area contributed by atoms with Crippen molar-refractivity contribution in [3.63, 3.8) is 0 Å². The van der Waals surface area contributed by atoms with E-state index in [1.54, 1.807) is 0 Å². The maximum absolute atomic E-state index is 12.9. The lowest BCUT2D eigenvalue weighted by molar-refractivity contribution is -0.150. The summed E-state index contributed by atoms with van der Waals surface area (Å²) < 4.78 is 5.49. The third-order valence-electron chi connectivity index (χ3n) is 6.29. The van der Waals surface area contributed by atoms with Crippen LogP contribution in [0.4, 0.5) is 0 Å². The van der Waals surface area contributed by atoms with E-state index >= 15 is 0 Å². The Kier molecular flexibility index (Phi) is 4.82. The van der Waals surface area contributed by atoms with Crippen LogP contribution in [0.25, 0.3) is 0 Å². The molecule has 2 unspecified atom stereocenters. The molecule has 2 aromatic rings. The van der Waals surface area contributed by atoms with Crippen molar-refractivity contribution in [3.8, 4) is 0 Å². The van der Waals surface area contributed by atoms with Crippen LogP contribution in [0.1, 0.15) is 30.0 Å². The van der Waals surface area contributed by atoms with Crippen LogP contribution in [0.2, 0.25) is 0 Å². The van der Waals surface area contributed by atoms with Crippen molar-refractivity contribution < 1.29 is 9.53 Å². The lowest BCUT2D eigenvalue weighted by Crippen LogP contribution is -2.49. The number of ether oxygens (including phenoxy) is 1. The van der Waals surface area contributed by atoms with Gasteiger partial charge in [-0.1, -0.05) is 54.6 Å². The van der Waals surface area contributed by atoms with Crippen LogP contribution in [0.5, 0.6) is 0 Å². The van der Waals surface area contributed by atoms with Crippen LogP contribution < -0.4 is 5.32 Å². The topological polar surface area (TPSA) is 38.3 Å². The minimum atomic E-state index is -0.170. The zero-order valence-corrected chi connectivity index (χ0v) is 15.4. The maximum Gasteiger partial charge on any atom is 0.311 e. The minimum absolute atomic E-state index is 0.0488. The molecule has 3 atom stereocenters. The highest BCUT2D eigenvalue weighted by Crippen LogP contribution is 2.50. The van der Waals surface area contributed by atoms with Gasteiger partial charge in [-0.25, -0.2) is 0 Å². The average molecular weight is 349 g/mol. The van der Waals surface area contributed by atoms with E-state index in [-0.39, 0.29) is 17.3 Å². The van der Waals surface area contributed by atoms with Gasteiger partial charge in [0.1, 0.15) is 0 Å². The first-order valence-electron chi connectivity index (χ1n) is 9.75. The van der Waals surface area contributed by atoms with E-state index in [4.69, 9.17) is 4.74 Å². The summed E-state index contributed by atoms with van der Waals surface area (Å²) >= 11 is 0. The van der Waals surface area contributed by atoms with Gasteiger partial charge in [0.05, 0.1) is 12.5 Å². The van der Waals surface area contributed by atoms with Crippen LogP contribution in [-0.4, -0.2) is 25.7 Å². The third-order valence-corrected chi connectivity index (χ3v) is 6.29. The van der Waals surface area contributed by atoms with Gasteiger partial charge in [-0.15, -0.1) is 0 Å². The molecule has 1 aliphatic carbocycles. The van der Waals surface area contributed by atoms with Gasteiger partial charge in [0.2, 0.25) is 0 Å².